The van der Waals surface area contributed by atoms with E-state index in [0.717, 1.165) is 12.1 Å². The van der Waals surface area contributed by atoms with Crippen molar-refractivity contribution in [3.63, 3.8) is 0 Å². The van der Waals surface area contributed by atoms with Crippen LogP contribution < -0.4 is 0 Å². The zero-order chi connectivity index (χ0) is 16.9. The number of carboxylic acids is 1. The predicted molar refractivity (Wildman–Crippen MR) is 74.2 cm³/mol. The van der Waals surface area contributed by atoms with Gasteiger partial charge >= 0.3 is 12.1 Å². The highest BCUT2D eigenvalue weighted by Crippen LogP contribution is 2.29. The molecule has 122 valence electrons. The second-order valence-electron chi connectivity index (χ2n) is 5.20. The fraction of sp³-hybridized carbons (Fsp3) is 0.467. The van der Waals surface area contributed by atoms with Gasteiger partial charge in [-0.25, -0.2) is 0 Å². The number of carboxylic acid groups (broad SMARTS) is 1. The van der Waals surface area contributed by atoms with Gasteiger partial charge in [0.15, 0.2) is 0 Å². The van der Waals surface area contributed by atoms with E-state index in [0.29, 0.717) is 0 Å². The van der Waals surface area contributed by atoms with E-state index in [-0.39, 0.29) is 31.0 Å². The summed E-state index contributed by atoms with van der Waals surface area (Å²) in [7, 11) is 0. The van der Waals surface area contributed by atoms with Crippen LogP contribution in [0.25, 0.3) is 0 Å². The van der Waals surface area contributed by atoms with Gasteiger partial charge in [-0.15, -0.1) is 0 Å². The summed E-state index contributed by atoms with van der Waals surface area (Å²) in [6.07, 6.45) is -4.85. The first-order valence-electron chi connectivity index (χ1n) is 6.78. The summed E-state index contributed by atoms with van der Waals surface area (Å²) in [5, 5.41) is 8.68. The summed E-state index contributed by atoms with van der Waals surface area (Å²) in [6, 6.07) is 4.36. The molecule has 0 heterocycles. The number of hydrogen-bond donors (Lipinski definition) is 1. The maximum Gasteiger partial charge on any atom is 0.416 e. The van der Waals surface area contributed by atoms with Gasteiger partial charge in [0.05, 0.1) is 18.4 Å². The van der Waals surface area contributed by atoms with Gasteiger partial charge in [-0.1, -0.05) is 18.2 Å². The van der Waals surface area contributed by atoms with E-state index < -0.39 is 23.6 Å². The largest absolute Gasteiger partial charge is 0.481 e. The quantitative estimate of drug-likeness (QED) is 0.877. The maximum atomic E-state index is 12.6. The summed E-state index contributed by atoms with van der Waals surface area (Å²) in [6.45, 7) is 3.49. The molecular weight excluding hydrogens is 299 g/mol. The van der Waals surface area contributed by atoms with Crippen LogP contribution >= 0.6 is 0 Å². The summed E-state index contributed by atoms with van der Waals surface area (Å²) in [5.74, 6) is -1.42. The average molecular weight is 317 g/mol. The molecule has 1 rings (SSSR count). The summed E-state index contributed by atoms with van der Waals surface area (Å²) in [4.78, 5) is 24.1. The lowest BCUT2D eigenvalue weighted by atomic mass is 10.1. The smallest absolute Gasteiger partial charge is 0.416 e. The van der Waals surface area contributed by atoms with E-state index in [1.54, 1.807) is 13.8 Å². The normalized spacial score (nSPS) is 11.5. The Hall–Kier alpha value is -2.05. The van der Waals surface area contributed by atoms with Gasteiger partial charge in [-0.05, 0) is 25.5 Å². The lowest BCUT2D eigenvalue weighted by Gasteiger charge is -2.26. The average Bonchev–Trinajstić information content (AvgIpc) is 2.37. The van der Waals surface area contributed by atoms with Crippen LogP contribution in [0.1, 0.15) is 31.4 Å². The highest BCUT2D eigenvalue weighted by Gasteiger charge is 2.30. The topological polar surface area (TPSA) is 57.6 Å². The van der Waals surface area contributed by atoms with Crippen molar-refractivity contribution in [3.05, 3.63) is 35.4 Å². The van der Waals surface area contributed by atoms with Gasteiger partial charge in [0.1, 0.15) is 0 Å². The Labute approximate surface area is 126 Å². The third-order valence-corrected chi connectivity index (χ3v) is 3.12. The second-order valence-corrected chi connectivity index (χ2v) is 5.20. The van der Waals surface area contributed by atoms with Crippen molar-refractivity contribution in [2.75, 3.05) is 6.54 Å². The molecule has 0 atom stereocenters. The summed E-state index contributed by atoms with van der Waals surface area (Å²) in [5.41, 5.74) is -0.555. The first-order valence-corrected chi connectivity index (χ1v) is 6.78. The van der Waals surface area contributed by atoms with Gasteiger partial charge in [0.25, 0.3) is 0 Å². The van der Waals surface area contributed by atoms with E-state index >= 15 is 0 Å². The molecule has 0 aromatic heterocycles. The predicted octanol–water partition coefficient (Wildman–Crippen LogP) is 2.96. The lowest BCUT2D eigenvalue weighted by Crippen LogP contribution is -2.39. The Morgan fingerprint density at radius 1 is 1.27 bits per heavy atom. The molecule has 0 spiro atoms. The van der Waals surface area contributed by atoms with Crippen LogP contribution in [0, 0.1) is 0 Å². The SMILES string of the molecule is CC(C)N(CCC(=O)O)C(=O)Cc1cccc(C(F)(F)F)c1. The molecule has 0 fully saturated rings. The van der Waals surface area contributed by atoms with Crippen LogP contribution in [0.15, 0.2) is 24.3 Å². The maximum absolute atomic E-state index is 12.6. The standard InChI is InChI=1S/C15H18F3NO3/c1-10(2)19(7-6-14(21)22)13(20)9-11-4-3-5-12(8-11)15(16,17)18/h3-5,8,10H,6-7,9H2,1-2H3,(H,21,22). The number of halogens is 3. The van der Waals surface area contributed by atoms with E-state index in [1.807, 2.05) is 0 Å². The fourth-order valence-electron chi connectivity index (χ4n) is 2.02. The van der Waals surface area contributed by atoms with Crippen molar-refractivity contribution in [1.29, 1.82) is 0 Å². The number of carbonyl (C=O) groups excluding carboxylic acids is 1. The molecule has 0 unspecified atom stereocenters. The van der Waals surface area contributed by atoms with Crippen molar-refractivity contribution in [2.24, 2.45) is 0 Å². The van der Waals surface area contributed by atoms with Gasteiger partial charge in [0.2, 0.25) is 5.91 Å². The van der Waals surface area contributed by atoms with Crippen LogP contribution in [-0.2, 0) is 22.2 Å². The number of amides is 1. The Bertz CT molecular complexity index is 541. The Morgan fingerprint density at radius 3 is 2.41 bits per heavy atom. The fourth-order valence-corrected chi connectivity index (χ4v) is 2.02. The van der Waals surface area contributed by atoms with Crippen LogP contribution in [0.2, 0.25) is 0 Å². The minimum Gasteiger partial charge on any atom is -0.481 e. The number of aliphatic carboxylic acids is 1. The molecule has 7 heteroatoms. The summed E-state index contributed by atoms with van der Waals surface area (Å²) < 4.78 is 37.9. The molecule has 0 saturated carbocycles. The van der Waals surface area contributed by atoms with E-state index in [4.69, 9.17) is 5.11 Å². The van der Waals surface area contributed by atoms with E-state index in [2.05, 4.69) is 0 Å². The third-order valence-electron chi connectivity index (χ3n) is 3.12. The molecular formula is C15H18F3NO3. The molecule has 0 radical (unpaired) electrons. The molecule has 0 saturated heterocycles. The molecule has 1 N–H and O–H groups in total. The summed E-state index contributed by atoms with van der Waals surface area (Å²) >= 11 is 0. The van der Waals surface area contributed by atoms with Crippen molar-refractivity contribution in [1.82, 2.24) is 4.90 Å². The second kappa shape index (κ2) is 7.29. The molecule has 22 heavy (non-hydrogen) atoms. The van der Waals surface area contributed by atoms with Gasteiger partial charge < -0.3 is 10.0 Å². The minimum absolute atomic E-state index is 0.0325. The number of nitrogens with zero attached hydrogens (tertiary/aromatic N) is 1. The monoisotopic (exact) mass is 317 g/mol. The van der Waals surface area contributed by atoms with Gasteiger partial charge in [0, 0.05) is 12.6 Å². The van der Waals surface area contributed by atoms with Gasteiger partial charge in [-0.3, -0.25) is 9.59 Å². The van der Waals surface area contributed by atoms with Crippen LogP contribution in [0.5, 0.6) is 0 Å². The van der Waals surface area contributed by atoms with Crippen molar-refractivity contribution in [2.45, 2.75) is 38.9 Å². The molecule has 0 aliphatic rings. The van der Waals surface area contributed by atoms with Gasteiger partial charge in [-0.2, -0.15) is 13.2 Å². The van der Waals surface area contributed by atoms with E-state index in [9.17, 15) is 22.8 Å². The molecule has 1 aromatic rings. The van der Waals surface area contributed by atoms with Crippen molar-refractivity contribution < 1.29 is 27.9 Å². The zero-order valence-electron chi connectivity index (χ0n) is 12.4. The zero-order valence-corrected chi connectivity index (χ0v) is 12.4. The van der Waals surface area contributed by atoms with Crippen molar-refractivity contribution in [3.8, 4) is 0 Å². The molecule has 0 aliphatic heterocycles. The number of carbonyl (C=O) groups is 2. The lowest BCUT2D eigenvalue weighted by molar-refractivity contribution is -0.140. The highest BCUT2D eigenvalue weighted by atomic mass is 19.4. The molecule has 1 aromatic carbocycles. The molecule has 0 bridgehead atoms. The molecule has 1 amide bonds. The minimum atomic E-state index is -4.46. The molecule has 0 aliphatic carbocycles. The third kappa shape index (κ3) is 5.38. The van der Waals surface area contributed by atoms with Crippen molar-refractivity contribution >= 4 is 11.9 Å². The first kappa shape index (κ1) is 18.0. The highest BCUT2D eigenvalue weighted by molar-refractivity contribution is 5.79. The van der Waals surface area contributed by atoms with Crippen LogP contribution in [0.4, 0.5) is 13.2 Å². The molecule has 4 nitrogen and oxygen atoms in total. The van der Waals surface area contributed by atoms with E-state index in [1.165, 1.54) is 17.0 Å². The number of alkyl halides is 3. The van der Waals surface area contributed by atoms with Crippen LogP contribution in [-0.4, -0.2) is 34.5 Å². The Balaban J connectivity index is 2.83. The van der Waals surface area contributed by atoms with Crippen LogP contribution in [0.3, 0.4) is 0 Å². The number of rotatable bonds is 6. The number of hydrogen-bond acceptors (Lipinski definition) is 2. The Kier molecular flexibility index (Phi) is 5.96. The number of benzene rings is 1. The first-order chi connectivity index (χ1) is 10.1. The Morgan fingerprint density at radius 2 is 1.91 bits per heavy atom.